The van der Waals surface area contributed by atoms with Crippen LogP contribution in [0, 0.1) is 29.6 Å². The first-order valence-corrected chi connectivity index (χ1v) is 7.61. The van der Waals surface area contributed by atoms with Crippen LogP contribution >= 0.6 is 0 Å². The summed E-state index contributed by atoms with van der Waals surface area (Å²) in [4.78, 5) is 12.6. The third kappa shape index (κ3) is 3.11. The van der Waals surface area contributed by atoms with Crippen LogP contribution in [0.5, 0.6) is 0 Å². The van der Waals surface area contributed by atoms with Crippen LogP contribution in [0.3, 0.4) is 0 Å². The summed E-state index contributed by atoms with van der Waals surface area (Å²) in [5.41, 5.74) is 0. The third-order valence-corrected chi connectivity index (χ3v) is 5.34. The summed E-state index contributed by atoms with van der Waals surface area (Å²) >= 11 is 0. The second-order valence-corrected chi connectivity index (χ2v) is 6.84. The average molecular weight is 236 g/mol. The van der Waals surface area contributed by atoms with E-state index in [1.165, 1.54) is 32.1 Å². The van der Waals surface area contributed by atoms with Crippen molar-refractivity contribution in [3.63, 3.8) is 0 Å². The summed E-state index contributed by atoms with van der Waals surface area (Å²) in [5.74, 6) is 3.77. The predicted octanol–water partition coefficient (Wildman–Crippen LogP) is 4.45. The van der Waals surface area contributed by atoms with E-state index in [1.807, 2.05) is 0 Å². The van der Waals surface area contributed by atoms with Crippen LogP contribution in [0.1, 0.15) is 65.7 Å². The number of hydrogen-bond donors (Lipinski definition) is 0. The van der Waals surface area contributed by atoms with E-state index in [0.717, 1.165) is 30.6 Å². The number of ketones is 1. The molecule has 0 radical (unpaired) electrons. The molecule has 1 nitrogen and oxygen atoms in total. The minimum atomic E-state index is 0.400. The summed E-state index contributed by atoms with van der Waals surface area (Å²) in [6.07, 6.45) is 8.53. The van der Waals surface area contributed by atoms with Crippen molar-refractivity contribution in [3.8, 4) is 0 Å². The van der Waals surface area contributed by atoms with Gasteiger partial charge in [0, 0.05) is 11.8 Å². The maximum Gasteiger partial charge on any atom is 0.139 e. The van der Waals surface area contributed by atoms with Crippen molar-refractivity contribution < 1.29 is 4.79 Å². The van der Waals surface area contributed by atoms with Crippen LogP contribution in [0.4, 0.5) is 0 Å². The molecule has 0 aromatic rings. The van der Waals surface area contributed by atoms with Gasteiger partial charge in [-0.05, 0) is 49.9 Å². The summed E-state index contributed by atoms with van der Waals surface area (Å²) in [6.45, 7) is 6.98. The number of Topliss-reactive ketones (excluding diaryl/α,β-unsaturated/α-hetero) is 1. The minimum Gasteiger partial charge on any atom is -0.299 e. The Hall–Kier alpha value is -0.330. The first kappa shape index (κ1) is 13.1. The van der Waals surface area contributed by atoms with E-state index >= 15 is 0 Å². The zero-order valence-electron chi connectivity index (χ0n) is 11.7. The maximum absolute atomic E-state index is 12.6. The smallest absolute Gasteiger partial charge is 0.139 e. The largest absolute Gasteiger partial charge is 0.299 e. The molecule has 0 N–H and O–H groups in total. The normalized spacial score (nSPS) is 43.4. The molecule has 5 atom stereocenters. The molecule has 2 rings (SSSR count). The lowest BCUT2D eigenvalue weighted by atomic mass is 9.69. The van der Waals surface area contributed by atoms with Gasteiger partial charge in [0.25, 0.3) is 0 Å². The Balaban J connectivity index is 1.91. The zero-order valence-corrected chi connectivity index (χ0v) is 11.7. The van der Waals surface area contributed by atoms with Gasteiger partial charge in [-0.2, -0.15) is 0 Å². The molecule has 0 bridgehead atoms. The molecule has 0 amide bonds. The van der Waals surface area contributed by atoms with E-state index in [1.54, 1.807) is 0 Å². The highest BCUT2D eigenvalue weighted by Crippen LogP contribution is 2.38. The Morgan fingerprint density at radius 3 is 2.18 bits per heavy atom. The van der Waals surface area contributed by atoms with Crippen LogP contribution in [-0.4, -0.2) is 5.78 Å². The molecule has 0 saturated heterocycles. The van der Waals surface area contributed by atoms with Crippen LogP contribution in [0.15, 0.2) is 0 Å². The van der Waals surface area contributed by atoms with Gasteiger partial charge in [-0.3, -0.25) is 4.79 Å². The van der Waals surface area contributed by atoms with Crippen molar-refractivity contribution in [1.29, 1.82) is 0 Å². The molecule has 0 spiro atoms. The number of carbonyl (C=O) groups is 1. The van der Waals surface area contributed by atoms with Gasteiger partial charge in [0.2, 0.25) is 0 Å². The predicted molar refractivity (Wildman–Crippen MR) is 71.8 cm³/mol. The highest BCUT2D eigenvalue weighted by atomic mass is 16.1. The van der Waals surface area contributed by atoms with E-state index in [-0.39, 0.29) is 0 Å². The Labute approximate surface area is 106 Å². The number of carbonyl (C=O) groups excluding carboxylic acids is 1. The van der Waals surface area contributed by atoms with Gasteiger partial charge in [0.15, 0.2) is 0 Å². The van der Waals surface area contributed by atoms with Gasteiger partial charge in [-0.25, -0.2) is 0 Å². The van der Waals surface area contributed by atoms with Gasteiger partial charge < -0.3 is 0 Å². The SMILES string of the molecule is CC1CCCC(C(=O)C2CCC(C)C(C)C2)C1. The van der Waals surface area contributed by atoms with E-state index in [9.17, 15) is 4.79 Å². The van der Waals surface area contributed by atoms with Crippen LogP contribution in [0.2, 0.25) is 0 Å². The maximum atomic E-state index is 12.6. The number of rotatable bonds is 2. The van der Waals surface area contributed by atoms with Gasteiger partial charge in [-0.1, -0.05) is 33.6 Å². The van der Waals surface area contributed by atoms with Crippen molar-refractivity contribution in [3.05, 3.63) is 0 Å². The zero-order chi connectivity index (χ0) is 12.4. The first-order chi connectivity index (χ1) is 8.08. The lowest BCUT2D eigenvalue weighted by Gasteiger charge is -2.35. The molecule has 17 heavy (non-hydrogen) atoms. The molecule has 98 valence electrons. The quantitative estimate of drug-likeness (QED) is 0.692. The lowest BCUT2D eigenvalue weighted by molar-refractivity contribution is -0.130. The molecule has 0 heterocycles. The van der Waals surface area contributed by atoms with E-state index in [2.05, 4.69) is 20.8 Å². The van der Waals surface area contributed by atoms with Gasteiger partial charge >= 0.3 is 0 Å². The van der Waals surface area contributed by atoms with Gasteiger partial charge in [-0.15, -0.1) is 0 Å². The summed E-state index contributed by atoms with van der Waals surface area (Å²) in [6, 6.07) is 0. The lowest BCUT2D eigenvalue weighted by Crippen LogP contribution is -2.32. The third-order valence-electron chi connectivity index (χ3n) is 5.34. The van der Waals surface area contributed by atoms with Crippen molar-refractivity contribution in [1.82, 2.24) is 0 Å². The van der Waals surface area contributed by atoms with Crippen LogP contribution in [0.25, 0.3) is 0 Å². The van der Waals surface area contributed by atoms with Gasteiger partial charge in [0.1, 0.15) is 5.78 Å². The molecule has 2 fully saturated rings. The molecule has 0 aromatic heterocycles. The molecule has 5 unspecified atom stereocenters. The Morgan fingerprint density at radius 2 is 1.53 bits per heavy atom. The molecule has 1 heteroatoms. The second kappa shape index (κ2) is 5.54. The fourth-order valence-corrected chi connectivity index (χ4v) is 3.83. The molecule has 2 saturated carbocycles. The summed E-state index contributed by atoms with van der Waals surface area (Å²) in [7, 11) is 0. The molecule has 0 aliphatic heterocycles. The van der Waals surface area contributed by atoms with E-state index in [4.69, 9.17) is 0 Å². The standard InChI is InChI=1S/C16H28O/c1-11-5-4-6-14(9-11)16(17)15-8-7-12(2)13(3)10-15/h11-15H,4-10H2,1-3H3. The highest BCUT2D eigenvalue weighted by Gasteiger charge is 2.34. The number of hydrogen-bond acceptors (Lipinski definition) is 1. The minimum absolute atomic E-state index is 0.400. The van der Waals surface area contributed by atoms with Crippen molar-refractivity contribution in [2.45, 2.75) is 65.7 Å². The monoisotopic (exact) mass is 236 g/mol. The Morgan fingerprint density at radius 1 is 0.824 bits per heavy atom. The fraction of sp³-hybridized carbons (Fsp3) is 0.938. The fourth-order valence-electron chi connectivity index (χ4n) is 3.83. The highest BCUT2D eigenvalue weighted by molar-refractivity contribution is 5.83. The van der Waals surface area contributed by atoms with Crippen molar-refractivity contribution in [2.24, 2.45) is 29.6 Å². The summed E-state index contributed by atoms with van der Waals surface area (Å²) < 4.78 is 0. The molecular formula is C16H28O. The van der Waals surface area contributed by atoms with Crippen LogP contribution < -0.4 is 0 Å². The van der Waals surface area contributed by atoms with E-state index in [0.29, 0.717) is 17.6 Å². The molecule has 0 aromatic carbocycles. The average Bonchev–Trinajstić information content (AvgIpc) is 2.32. The topological polar surface area (TPSA) is 17.1 Å². The first-order valence-electron chi connectivity index (χ1n) is 7.61. The Kier molecular flexibility index (Phi) is 4.27. The van der Waals surface area contributed by atoms with Crippen molar-refractivity contribution >= 4 is 5.78 Å². The second-order valence-electron chi connectivity index (χ2n) is 6.84. The summed E-state index contributed by atoms with van der Waals surface area (Å²) in [5, 5.41) is 0. The Bertz CT molecular complexity index is 271. The molecule has 2 aliphatic rings. The van der Waals surface area contributed by atoms with Crippen molar-refractivity contribution in [2.75, 3.05) is 0 Å². The van der Waals surface area contributed by atoms with E-state index < -0.39 is 0 Å². The molecular weight excluding hydrogens is 208 g/mol. The van der Waals surface area contributed by atoms with Crippen LogP contribution in [-0.2, 0) is 4.79 Å². The van der Waals surface area contributed by atoms with Gasteiger partial charge in [0.05, 0.1) is 0 Å². The molecule has 2 aliphatic carbocycles.